The van der Waals surface area contributed by atoms with Crippen LogP contribution in [0.2, 0.25) is 0 Å². The number of thiophene rings is 1. The van der Waals surface area contributed by atoms with Gasteiger partial charge >= 0.3 is 0 Å². The van der Waals surface area contributed by atoms with Crippen LogP contribution >= 0.6 is 11.3 Å². The molecule has 0 radical (unpaired) electrons. The molecule has 0 aliphatic rings. The molecule has 2 aromatic heterocycles. The normalized spacial score (nSPS) is 12.5. The monoisotopic (exact) mass is 271 g/mol. The molecule has 96 valence electrons. The number of hydrogen-bond donors (Lipinski definition) is 1. The molecular weight excluding hydrogens is 258 g/mol. The van der Waals surface area contributed by atoms with Crippen molar-refractivity contribution in [3.05, 3.63) is 64.1 Å². The summed E-state index contributed by atoms with van der Waals surface area (Å²) in [7, 11) is 0. The highest BCUT2D eigenvalue weighted by Gasteiger charge is 2.16. The van der Waals surface area contributed by atoms with E-state index in [-0.39, 0.29) is 0 Å². The average molecular weight is 271 g/mol. The second-order valence-electron chi connectivity index (χ2n) is 4.25. The fraction of sp³-hybridized carbons (Fsp3) is 0.143. The summed E-state index contributed by atoms with van der Waals surface area (Å²) in [5, 5.41) is 18.8. The summed E-state index contributed by atoms with van der Waals surface area (Å²) in [6.07, 6.45) is 0.892. The topological polar surface area (TPSA) is 50.9 Å². The first-order chi connectivity index (χ1) is 9.24. The molecule has 19 heavy (non-hydrogen) atoms. The number of para-hydroxylation sites is 1. The summed E-state index contributed by atoms with van der Waals surface area (Å²) in [5.41, 5.74) is 1.44. The van der Waals surface area contributed by atoms with E-state index in [0.717, 1.165) is 10.6 Å². The Hall–Kier alpha value is -1.98. The lowest BCUT2D eigenvalue weighted by atomic mass is 10.2. The number of benzene rings is 1. The molecule has 0 aliphatic heterocycles. The summed E-state index contributed by atoms with van der Waals surface area (Å²) in [6.45, 7) is 2.02. The molecule has 0 saturated carbocycles. The molecule has 3 rings (SSSR count). The summed E-state index contributed by atoms with van der Waals surface area (Å²) in [4.78, 5) is 3.58. The average Bonchev–Trinajstić information content (AvgIpc) is 3.08. The maximum atomic E-state index is 10.3. The van der Waals surface area contributed by atoms with Gasteiger partial charge in [0.05, 0.1) is 11.9 Å². The van der Waals surface area contributed by atoms with Crippen molar-refractivity contribution in [2.75, 3.05) is 0 Å². The van der Waals surface area contributed by atoms with Crippen molar-refractivity contribution in [1.29, 1.82) is 0 Å². The minimum absolute atomic E-state index is 0.561. The number of aromatic nitrogens is 3. The van der Waals surface area contributed by atoms with Crippen LogP contribution in [0.3, 0.4) is 0 Å². The maximum Gasteiger partial charge on any atom is 0.134 e. The first-order valence-corrected chi connectivity index (χ1v) is 6.78. The zero-order chi connectivity index (χ0) is 13.2. The van der Waals surface area contributed by atoms with Gasteiger partial charge in [-0.15, -0.1) is 11.3 Å². The molecule has 1 atom stereocenters. The zero-order valence-electron chi connectivity index (χ0n) is 10.4. The third-order valence-corrected chi connectivity index (χ3v) is 3.86. The van der Waals surface area contributed by atoms with Gasteiger partial charge in [-0.25, -0.2) is 0 Å². The predicted octanol–water partition coefficient (Wildman–Crippen LogP) is 2.72. The van der Waals surface area contributed by atoms with E-state index >= 15 is 0 Å². The molecule has 2 heterocycles. The first kappa shape index (κ1) is 12.1. The smallest absolute Gasteiger partial charge is 0.134 e. The quantitative estimate of drug-likeness (QED) is 0.797. The van der Waals surface area contributed by atoms with Crippen LogP contribution in [0.25, 0.3) is 5.69 Å². The lowest BCUT2D eigenvalue weighted by molar-refractivity contribution is 0.218. The maximum absolute atomic E-state index is 10.3. The van der Waals surface area contributed by atoms with Gasteiger partial charge in [-0.2, -0.15) is 15.0 Å². The fourth-order valence-electron chi connectivity index (χ4n) is 1.83. The number of aryl methyl sites for hydroxylation is 1. The van der Waals surface area contributed by atoms with Crippen LogP contribution in [-0.2, 0) is 0 Å². The van der Waals surface area contributed by atoms with Gasteiger partial charge < -0.3 is 5.11 Å². The molecule has 0 aliphatic carbocycles. The third kappa shape index (κ3) is 2.43. The van der Waals surface area contributed by atoms with Crippen molar-refractivity contribution in [2.24, 2.45) is 0 Å². The van der Waals surface area contributed by atoms with Crippen molar-refractivity contribution in [3.63, 3.8) is 0 Å². The Morgan fingerprint density at radius 1 is 1.16 bits per heavy atom. The van der Waals surface area contributed by atoms with Gasteiger partial charge in [0, 0.05) is 9.75 Å². The molecule has 4 nitrogen and oxygen atoms in total. The second kappa shape index (κ2) is 4.95. The zero-order valence-corrected chi connectivity index (χ0v) is 11.2. The van der Waals surface area contributed by atoms with Crippen molar-refractivity contribution < 1.29 is 5.11 Å². The molecule has 0 saturated heterocycles. The van der Waals surface area contributed by atoms with Crippen LogP contribution in [0, 0.1) is 6.92 Å². The molecule has 0 bridgehead atoms. The highest BCUT2D eigenvalue weighted by atomic mass is 32.1. The van der Waals surface area contributed by atoms with E-state index in [2.05, 4.69) is 10.2 Å². The van der Waals surface area contributed by atoms with E-state index in [1.165, 1.54) is 9.67 Å². The Balaban J connectivity index is 1.89. The Morgan fingerprint density at radius 2 is 1.95 bits per heavy atom. The number of rotatable bonds is 3. The van der Waals surface area contributed by atoms with Crippen LogP contribution in [0.5, 0.6) is 0 Å². The van der Waals surface area contributed by atoms with Gasteiger partial charge in [0.1, 0.15) is 11.8 Å². The van der Waals surface area contributed by atoms with E-state index < -0.39 is 6.10 Å². The molecule has 3 aromatic rings. The van der Waals surface area contributed by atoms with E-state index in [1.807, 2.05) is 49.4 Å². The molecule has 5 heteroatoms. The van der Waals surface area contributed by atoms with E-state index in [1.54, 1.807) is 17.5 Å². The van der Waals surface area contributed by atoms with Crippen molar-refractivity contribution in [2.45, 2.75) is 13.0 Å². The van der Waals surface area contributed by atoms with Gasteiger partial charge in [0.2, 0.25) is 0 Å². The Labute approximate surface area is 115 Å². The summed E-state index contributed by atoms with van der Waals surface area (Å²) in [5.74, 6) is 0. The van der Waals surface area contributed by atoms with Crippen LogP contribution in [0.1, 0.15) is 21.6 Å². The van der Waals surface area contributed by atoms with Gasteiger partial charge in [0.25, 0.3) is 0 Å². The molecule has 1 aromatic carbocycles. The van der Waals surface area contributed by atoms with E-state index in [0.29, 0.717) is 5.69 Å². The Morgan fingerprint density at radius 3 is 2.63 bits per heavy atom. The molecular formula is C14H13N3OS. The number of hydrogen-bond acceptors (Lipinski definition) is 4. The van der Waals surface area contributed by atoms with Crippen LogP contribution in [0.15, 0.2) is 48.7 Å². The number of aliphatic hydroxyl groups is 1. The lowest BCUT2D eigenvalue weighted by Gasteiger charge is -2.03. The fourth-order valence-corrected chi connectivity index (χ4v) is 2.71. The van der Waals surface area contributed by atoms with Gasteiger partial charge in [-0.05, 0) is 31.2 Å². The van der Waals surface area contributed by atoms with Crippen LogP contribution < -0.4 is 0 Å². The molecule has 0 amide bonds. The highest BCUT2D eigenvalue weighted by molar-refractivity contribution is 7.12. The number of nitrogens with zero attached hydrogens (tertiary/aromatic N) is 3. The van der Waals surface area contributed by atoms with Gasteiger partial charge in [-0.3, -0.25) is 0 Å². The highest BCUT2D eigenvalue weighted by Crippen LogP contribution is 2.26. The lowest BCUT2D eigenvalue weighted by Crippen LogP contribution is -2.02. The van der Waals surface area contributed by atoms with E-state index in [9.17, 15) is 5.11 Å². The van der Waals surface area contributed by atoms with Crippen LogP contribution in [-0.4, -0.2) is 20.1 Å². The number of aliphatic hydroxyl groups excluding tert-OH is 1. The summed E-state index contributed by atoms with van der Waals surface area (Å²) >= 11 is 1.57. The molecule has 1 N–H and O–H groups in total. The standard InChI is InChI=1S/C14H13N3OS/c1-10-7-8-13(19-10)14(18)12-9-15-17(16-12)11-5-3-2-4-6-11/h2-9,14,18H,1H3. The van der Waals surface area contributed by atoms with E-state index in [4.69, 9.17) is 0 Å². The largest absolute Gasteiger partial charge is 0.381 e. The third-order valence-electron chi connectivity index (χ3n) is 2.81. The van der Waals surface area contributed by atoms with Gasteiger partial charge in [-0.1, -0.05) is 18.2 Å². The van der Waals surface area contributed by atoms with Crippen molar-refractivity contribution in [1.82, 2.24) is 15.0 Å². The second-order valence-corrected chi connectivity index (χ2v) is 5.56. The Bertz CT molecular complexity index is 675. The predicted molar refractivity (Wildman–Crippen MR) is 74.5 cm³/mol. The minimum atomic E-state index is -0.712. The molecule has 0 spiro atoms. The SMILES string of the molecule is Cc1ccc(C(O)c2cnn(-c3ccccc3)n2)s1. The van der Waals surface area contributed by atoms with Crippen LogP contribution in [0.4, 0.5) is 0 Å². The van der Waals surface area contributed by atoms with Crippen molar-refractivity contribution >= 4 is 11.3 Å². The summed E-state index contributed by atoms with van der Waals surface area (Å²) < 4.78 is 0. The van der Waals surface area contributed by atoms with Crippen molar-refractivity contribution in [3.8, 4) is 5.69 Å². The van der Waals surface area contributed by atoms with Gasteiger partial charge in [0.15, 0.2) is 0 Å². The molecule has 0 fully saturated rings. The molecule has 1 unspecified atom stereocenters. The first-order valence-electron chi connectivity index (χ1n) is 5.96. The minimum Gasteiger partial charge on any atom is -0.381 e. The Kier molecular flexibility index (Phi) is 3.15. The summed E-state index contributed by atoms with van der Waals surface area (Å²) in [6, 6.07) is 13.6.